The van der Waals surface area contributed by atoms with Crippen LogP contribution in [0.15, 0.2) is 0 Å². The van der Waals surface area contributed by atoms with E-state index in [4.69, 9.17) is 9.62 Å². The summed E-state index contributed by atoms with van der Waals surface area (Å²) in [5.74, 6) is -1.13. The molecule has 0 saturated carbocycles. The van der Waals surface area contributed by atoms with E-state index in [1.807, 2.05) is 13.8 Å². The Kier molecular flexibility index (Phi) is 7.74. The van der Waals surface area contributed by atoms with Gasteiger partial charge in [0.2, 0.25) is 5.60 Å². The van der Waals surface area contributed by atoms with Crippen LogP contribution in [0.1, 0.15) is 47.0 Å². The molecule has 0 spiro atoms. The first kappa shape index (κ1) is 16.1. The molecule has 0 N–H and O–H groups in total. The highest BCUT2D eigenvalue weighted by Crippen LogP contribution is 2.20. The fourth-order valence-corrected chi connectivity index (χ4v) is 1.32. The molecule has 0 saturated heterocycles. The van der Waals surface area contributed by atoms with Crippen molar-refractivity contribution in [1.29, 1.82) is 0 Å². The van der Waals surface area contributed by atoms with Gasteiger partial charge in [-0.25, -0.2) is 4.79 Å². The third-order valence-electron chi connectivity index (χ3n) is 2.37. The molecule has 1 unspecified atom stereocenters. The molecule has 0 aliphatic rings. The van der Waals surface area contributed by atoms with Gasteiger partial charge in [0, 0.05) is 6.61 Å². The Balaban J connectivity index is 4.64. The normalized spacial score (nSPS) is 14.1. The van der Waals surface area contributed by atoms with Crippen molar-refractivity contribution in [2.24, 2.45) is 0 Å². The van der Waals surface area contributed by atoms with Crippen molar-refractivity contribution >= 4 is 11.8 Å². The fourth-order valence-electron chi connectivity index (χ4n) is 1.32. The maximum absolute atomic E-state index is 11.8. The molecule has 0 fully saturated rings. The summed E-state index contributed by atoms with van der Waals surface area (Å²) in [6, 6.07) is 0. The van der Waals surface area contributed by atoms with Gasteiger partial charge in [0.15, 0.2) is 5.78 Å². The molecule has 0 aromatic rings. The van der Waals surface area contributed by atoms with Crippen molar-refractivity contribution in [2.45, 2.75) is 52.6 Å². The third kappa shape index (κ3) is 4.44. The van der Waals surface area contributed by atoms with E-state index >= 15 is 0 Å². The minimum absolute atomic E-state index is 0.233. The minimum atomic E-state index is -1.52. The standard InChI is InChI=1S/C12H22O5/c1-5-8-15-12(7-3,10(4)13)11(14)17-16-9-6-2/h5-9H2,1-4H3. The molecule has 5 heteroatoms. The van der Waals surface area contributed by atoms with Crippen LogP contribution in [0.5, 0.6) is 0 Å². The van der Waals surface area contributed by atoms with E-state index in [2.05, 4.69) is 4.89 Å². The zero-order chi connectivity index (χ0) is 13.3. The maximum Gasteiger partial charge on any atom is 0.381 e. The largest absolute Gasteiger partial charge is 0.381 e. The quantitative estimate of drug-likeness (QED) is 0.269. The van der Waals surface area contributed by atoms with Crippen LogP contribution in [0, 0.1) is 0 Å². The first-order valence-electron chi connectivity index (χ1n) is 6.04. The Bertz CT molecular complexity index is 251. The van der Waals surface area contributed by atoms with E-state index in [1.165, 1.54) is 6.92 Å². The molecule has 1 atom stereocenters. The van der Waals surface area contributed by atoms with Crippen LogP contribution < -0.4 is 0 Å². The smallest absolute Gasteiger partial charge is 0.356 e. The van der Waals surface area contributed by atoms with Gasteiger partial charge >= 0.3 is 5.97 Å². The number of ketones is 1. The van der Waals surface area contributed by atoms with Crippen LogP contribution in [-0.2, 0) is 24.1 Å². The summed E-state index contributed by atoms with van der Waals surface area (Å²) in [5.41, 5.74) is -1.52. The van der Waals surface area contributed by atoms with Crippen LogP contribution in [0.4, 0.5) is 0 Å². The highest BCUT2D eigenvalue weighted by Gasteiger charge is 2.45. The second-order valence-electron chi connectivity index (χ2n) is 3.78. The molecule has 100 valence electrons. The second kappa shape index (κ2) is 8.20. The SMILES string of the molecule is CCCOOC(=O)C(CC)(OCCC)C(C)=O. The molecule has 0 aromatic carbocycles. The summed E-state index contributed by atoms with van der Waals surface area (Å²) < 4.78 is 5.38. The van der Waals surface area contributed by atoms with Crippen LogP contribution >= 0.6 is 0 Å². The van der Waals surface area contributed by atoms with Gasteiger partial charge in [-0.1, -0.05) is 20.8 Å². The van der Waals surface area contributed by atoms with Crippen LogP contribution in [0.3, 0.4) is 0 Å². The molecule has 0 bridgehead atoms. The molecule has 0 aliphatic carbocycles. The average molecular weight is 246 g/mol. The van der Waals surface area contributed by atoms with Gasteiger partial charge in [0.05, 0.1) is 6.61 Å². The van der Waals surface area contributed by atoms with Crippen molar-refractivity contribution < 1.29 is 24.1 Å². The predicted octanol–water partition coefficient (Wildman–Crippen LogP) is 2.04. The molecular formula is C12H22O5. The van der Waals surface area contributed by atoms with E-state index in [0.717, 1.165) is 12.8 Å². The first-order valence-corrected chi connectivity index (χ1v) is 6.04. The number of hydrogen-bond acceptors (Lipinski definition) is 5. The number of carbonyl (C=O) groups excluding carboxylic acids is 2. The molecule has 0 rings (SSSR count). The Morgan fingerprint density at radius 3 is 2.06 bits per heavy atom. The van der Waals surface area contributed by atoms with E-state index in [1.54, 1.807) is 6.92 Å². The lowest BCUT2D eigenvalue weighted by Gasteiger charge is -2.26. The van der Waals surface area contributed by atoms with Crippen molar-refractivity contribution in [3.05, 3.63) is 0 Å². The number of Topliss-reactive ketones (excluding diaryl/α,β-unsaturated/α-hetero) is 1. The van der Waals surface area contributed by atoms with E-state index in [-0.39, 0.29) is 12.2 Å². The van der Waals surface area contributed by atoms with Gasteiger partial charge in [-0.15, -0.1) is 0 Å². The van der Waals surface area contributed by atoms with Gasteiger partial charge in [0.1, 0.15) is 0 Å². The molecule has 0 radical (unpaired) electrons. The minimum Gasteiger partial charge on any atom is -0.356 e. The summed E-state index contributed by atoms with van der Waals surface area (Å²) in [4.78, 5) is 32.7. The number of hydrogen-bond donors (Lipinski definition) is 0. The molecule has 5 nitrogen and oxygen atoms in total. The Hall–Kier alpha value is -0.940. The van der Waals surface area contributed by atoms with Gasteiger partial charge in [-0.3, -0.25) is 9.68 Å². The zero-order valence-electron chi connectivity index (χ0n) is 11.1. The van der Waals surface area contributed by atoms with Gasteiger partial charge < -0.3 is 4.74 Å². The highest BCUT2D eigenvalue weighted by atomic mass is 17.2. The Labute approximate surface area is 102 Å². The predicted molar refractivity (Wildman–Crippen MR) is 62.3 cm³/mol. The number of rotatable bonds is 9. The Morgan fingerprint density at radius 2 is 1.65 bits per heavy atom. The van der Waals surface area contributed by atoms with Crippen LogP contribution in [0.25, 0.3) is 0 Å². The monoisotopic (exact) mass is 246 g/mol. The first-order chi connectivity index (χ1) is 8.05. The Morgan fingerprint density at radius 1 is 1.06 bits per heavy atom. The van der Waals surface area contributed by atoms with E-state index in [9.17, 15) is 9.59 Å². The zero-order valence-corrected chi connectivity index (χ0v) is 11.1. The van der Waals surface area contributed by atoms with Crippen LogP contribution in [0.2, 0.25) is 0 Å². The topological polar surface area (TPSA) is 61.8 Å². The molecule has 0 heterocycles. The second-order valence-corrected chi connectivity index (χ2v) is 3.78. The highest BCUT2D eigenvalue weighted by molar-refractivity contribution is 6.06. The van der Waals surface area contributed by atoms with Gasteiger partial charge in [-0.05, 0) is 26.2 Å². The number of ether oxygens (including phenoxy) is 1. The summed E-state index contributed by atoms with van der Waals surface area (Å²) in [7, 11) is 0. The van der Waals surface area contributed by atoms with Crippen molar-refractivity contribution in [3.8, 4) is 0 Å². The molecule has 0 aliphatic heterocycles. The average Bonchev–Trinajstić information content (AvgIpc) is 2.30. The molecule has 0 aromatic heterocycles. The van der Waals surface area contributed by atoms with E-state index in [0.29, 0.717) is 13.2 Å². The summed E-state index contributed by atoms with van der Waals surface area (Å²) >= 11 is 0. The molecule has 0 amide bonds. The fraction of sp³-hybridized carbons (Fsp3) is 0.833. The third-order valence-corrected chi connectivity index (χ3v) is 2.37. The maximum atomic E-state index is 11.8. The lowest BCUT2D eigenvalue weighted by molar-refractivity contribution is -0.285. The summed E-state index contributed by atoms with van der Waals surface area (Å²) in [5, 5.41) is 0. The lowest BCUT2D eigenvalue weighted by atomic mass is 9.96. The molecule has 17 heavy (non-hydrogen) atoms. The lowest BCUT2D eigenvalue weighted by Crippen LogP contribution is -2.48. The van der Waals surface area contributed by atoms with Gasteiger partial charge in [0.25, 0.3) is 0 Å². The molecular weight excluding hydrogens is 224 g/mol. The van der Waals surface area contributed by atoms with E-state index < -0.39 is 11.6 Å². The van der Waals surface area contributed by atoms with Crippen molar-refractivity contribution in [3.63, 3.8) is 0 Å². The summed E-state index contributed by atoms with van der Waals surface area (Å²) in [6.45, 7) is 7.45. The van der Waals surface area contributed by atoms with Crippen LogP contribution in [-0.4, -0.2) is 30.6 Å². The van der Waals surface area contributed by atoms with Crippen molar-refractivity contribution in [1.82, 2.24) is 0 Å². The van der Waals surface area contributed by atoms with Gasteiger partial charge in [-0.2, -0.15) is 4.89 Å². The summed E-state index contributed by atoms with van der Waals surface area (Å²) in [6.07, 6.45) is 1.68. The number of carbonyl (C=O) groups is 2. The van der Waals surface area contributed by atoms with Crippen molar-refractivity contribution in [2.75, 3.05) is 13.2 Å².